The predicted molar refractivity (Wildman–Crippen MR) is 88.6 cm³/mol. The Labute approximate surface area is 146 Å². The third kappa shape index (κ3) is 3.54. The Bertz CT molecular complexity index is 984. The Hall–Kier alpha value is -2.90. The van der Waals surface area contributed by atoms with Gasteiger partial charge < -0.3 is 4.57 Å². The number of anilines is 1. The van der Waals surface area contributed by atoms with Gasteiger partial charge in [0, 0.05) is 24.2 Å². The van der Waals surface area contributed by atoms with Crippen molar-refractivity contribution >= 4 is 22.9 Å². The highest BCUT2D eigenvalue weighted by Crippen LogP contribution is 2.23. The lowest BCUT2D eigenvalue weighted by Gasteiger charge is -2.09. The summed E-state index contributed by atoms with van der Waals surface area (Å²) in [4.78, 5) is 16.3. The van der Waals surface area contributed by atoms with Gasteiger partial charge in [-0.2, -0.15) is 0 Å². The molecule has 1 heterocycles. The van der Waals surface area contributed by atoms with E-state index in [1.807, 2.05) is 6.92 Å². The summed E-state index contributed by atoms with van der Waals surface area (Å²) in [6.07, 6.45) is 0.257. The maximum absolute atomic E-state index is 13.7. The van der Waals surface area contributed by atoms with E-state index >= 15 is 0 Å². The summed E-state index contributed by atoms with van der Waals surface area (Å²) in [5.41, 5.74) is 0.417. The Kier molecular flexibility index (Phi) is 4.92. The van der Waals surface area contributed by atoms with Crippen molar-refractivity contribution in [3.05, 3.63) is 59.2 Å². The Morgan fingerprint density at radius 1 is 1.08 bits per heavy atom. The van der Waals surface area contributed by atoms with E-state index in [1.54, 1.807) is 0 Å². The number of aromatic nitrogens is 2. The van der Waals surface area contributed by atoms with Crippen molar-refractivity contribution in [2.24, 2.45) is 0 Å². The van der Waals surface area contributed by atoms with Gasteiger partial charge >= 0.3 is 0 Å². The molecule has 0 aliphatic carbocycles. The molecule has 0 aliphatic rings. The number of hydrogen-bond donors (Lipinski definition) is 1. The van der Waals surface area contributed by atoms with Crippen LogP contribution >= 0.6 is 0 Å². The van der Waals surface area contributed by atoms with E-state index in [1.165, 1.54) is 4.57 Å². The lowest BCUT2D eigenvalue weighted by molar-refractivity contribution is -0.115. The minimum atomic E-state index is -1.04. The number of imidazole rings is 1. The minimum absolute atomic E-state index is 0.0914. The molecule has 0 spiro atoms. The van der Waals surface area contributed by atoms with Crippen LogP contribution in [0.2, 0.25) is 0 Å². The molecule has 0 saturated carbocycles. The Morgan fingerprint density at radius 3 is 2.54 bits per heavy atom. The summed E-state index contributed by atoms with van der Waals surface area (Å²) >= 11 is 0. The number of benzene rings is 2. The highest BCUT2D eigenvalue weighted by molar-refractivity contribution is 5.93. The smallest absolute Gasteiger partial charge is 0.231 e. The van der Waals surface area contributed by atoms with Crippen LogP contribution in [0.3, 0.4) is 0 Å². The van der Waals surface area contributed by atoms with Gasteiger partial charge in [0.2, 0.25) is 11.9 Å². The molecule has 1 aromatic heterocycles. The number of rotatable bonds is 5. The number of halogens is 4. The number of aryl methyl sites for hydroxylation is 1. The van der Waals surface area contributed by atoms with E-state index < -0.39 is 35.6 Å². The zero-order valence-corrected chi connectivity index (χ0v) is 13.8. The molecule has 0 bridgehead atoms. The van der Waals surface area contributed by atoms with E-state index in [-0.39, 0.29) is 17.0 Å². The standard InChI is InChI=1S/C18H15F4N3O/c1-2-5-25-16-9-14(22)13(21)8-15(16)23-18(25)24-17(26)7-10-6-11(19)3-4-12(10)20/h3-4,6,8-9H,2,5,7H2,1H3,(H,23,24,26). The maximum atomic E-state index is 13.7. The predicted octanol–water partition coefficient (Wildman–Crippen LogP) is 4.18. The van der Waals surface area contributed by atoms with Crippen molar-refractivity contribution in [1.82, 2.24) is 9.55 Å². The summed E-state index contributed by atoms with van der Waals surface area (Å²) in [7, 11) is 0. The average molecular weight is 365 g/mol. The molecule has 0 aliphatic heterocycles. The van der Waals surface area contributed by atoms with E-state index in [0.29, 0.717) is 18.5 Å². The highest BCUT2D eigenvalue weighted by atomic mass is 19.2. The molecule has 3 aromatic rings. The van der Waals surface area contributed by atoms with Crippen molar-refractivity contribution in [1.29, 1.82) is 0 Å². The average Bonchev–Trinajstić information content (AvgIpc) is 2.88. The third-order valence-electron chi connectivity index (χ3n) is 3.85. The molecule has 26 heavy (non-hydrogen) atoms. The van der Waals surface area contributed by atoms with Crippen molar-refractivity contribution in [3.63, 3.8) is 0 Å². The van der Waals surface area contributed by atoms with Crippen molar-refractivity contribution in [2.75, 3.05) is 5.32 Å². The van der Waals surface area contributed by atoms with Gasteiger partial charge in [0.15, 0.2) is 11.6 Å². The number of amides is 1. The lowest BCUT2D eigenvalue weighted by Crippen LogP contribution is -2.18. The largest absolute Gasteiger partial charge is 0.310 e. The molecule has 0 saturated heterocycles. The normalized spacial score (nSPS) is 11.1. The summed E-state index contributed by atoms with van der Waals surface area (Å²) in [6.45, 7) is 2.28. The Balaban J connectivity index is 1.91. The molecule has 0 fully saturated rings. The molecule has 0 radical (unpaired) electrons. The van der Waals surface area contributed by atoms with Crippen LogP contribution in [-0.2, 0) is 17.8 Å². The molecule has 0 atom stereocenters. The zero-order valence-electron chi connectivity index (χ0n) is 13.8. The summed E-state index contributed by atoms with van der Waals surface area (Å²) in [5.74, 6) is -3.95. The van der Waals surface area contributed by atoms with Gasteiger partial charge in [-0.05, 0) is 24.6 Å². The number of carbonyl (C=O) groups excluding carboxylic acids is 1. The van der Waals surface area contributed by atoms with Gasteiger partial charge in [-0.15, -0.1) is 0 Å². The molecular weight excluding hydrogens is 350 g/mol. The topological polar surface area (TPSA) is 46.9 Å². The first kappa shape index (κ1) is 17.9. The van der Waals surface area contributed by atoms with Crippen LogP contribution in [-0.4, -0.2) is 15.5 Å². The van der Waals surface area contributed by atoms with E-state index in [9.17, 15) is 22.4 Å². The first-order valence-corrected chi connectivity index (χ1v) is 7.98. The van der Waals surface area contributed by atoms with Crippen LogP contribution in [0.4, 0.5) is 23.5 Å². The quantitative estimate of drug-likeness (QED) is 0.690. The Morgan fingerprint density at radius 2 is 1.81 bits per heavy atom. The number of nitrogens with one attached hydrogen (secondary N) is 1. The molecule has 1 amide bonds. The van der Waals surface area contributed by atoms with Crippen LogP contribution in [0.1, 0.15) is 18.9 Å². The fourth-order valence-corrected chi connectivity index (χ4v) is 2.69. The monoisotopic (exact) mass is 365 g/mol. The SMILES string of the molecule is CCCn1c(NC(=O)Cc2cc(F)ccc2F)nc2cc(F)c(F)cc21. The second kappa shape index (κ2) is 7.15. The van der Waals surface area contributed by atoms with Crippen molar-refractivity contribution in [3.8, 4) is 0 Å². The second-order valence-electron chi connectivity index (χ2n) is 5.80. The number of hydrogen-bond acceptors (Lipinski definition) is 2. The van der Waals surface area contributed by atoms with E-state index in [2.05, 4.69) is 10.3 Å². The first-order chi connectivity index (χ1) is 12.4. The molecule has 1 N–H and O–H groups in total. The van der Waals surface area contributed by atoms with Gasteiger partial charge in [-0.1, -0.05) is 6.92 Å². The molecule has 0 unspecified atom stereocenters. The van der Waals surface area contributed by atoms with Crippen molar-refractivity contribution < 1.29 is 22.4 Å². The maximum Gasteiger partial charge on any atom is 0.231 e. The lowest BCUT2D eigenvalue weighted by atomic mass is 10.1. The van der Waals surface area contributed by atoms with Crippen LogP contribution < -0.4 is 5.32 Å². The van der Waals surface area contributed by atoms with E-state index in [0.717, 1.165) is 30.3 Å². The van der Waals surface area contributed by atoms with Gasteiger partial charge in [-0.3, -0.25) is 10.1 Å². The second-order valence-corrected chi connectivity index (χ2v) is 5.80. The molecule has 4 nitrogen and oxygen atoms in total. The van der Waals surface area contributed by atoms with Crippen LogP contribution in [0.25, 0.3) is 11.0 Å². The molecule has 3 rings (SSSR count). The number of carbonyl (C=O) groups is 1. The van der Waals surface area contributed by atoms with Gasteiger partial charge in [0.25, 0.3) is 0 Å². The summed E-state index contributed by atoms with van der Waals surface area (Å²) in [6, 6.07) is 4.79. The van der Waals surface area contributed by atoms with Gasteiger partial charge in [-0.25, -0.2) is 22.5 Å². The van der Waals surface area contributed by atoms with Crippen LogP contribution in [0, 0.1) is 23.3 Å². The van der Waals surface area contributed by atoms with Gasteiger partial charge in [0.1, 0.15) is 11.6 Å². The van der Waals surface area contributed by atoms with Crippen molar-refractivity contribution in [2.45, 2.75) is 26.3 Å². The fraction of sp³-hybridized carbons (Fsp3) is 0.222. The molecule has 136 valence electrons. The fourth-order valence-electron chi connectivity index (χ4n) is 2.69. The first-order valence-electron chi connectivity index (χ1n) is 7.98. The van der Waals surface area contributed by atoms with Crippen LogP contribution in [0.15, 0.2) is 30.3 Å². The van der Waals surface area contributed by atoms with Crippen LogP contribution in [0.5, 0.6) is 0 Å². The zero-order chi connectivity index (χ0) is 18.8. The number of fused-ring (bicyclic) bond motifs is 1. The number of nitrogens with zero attached hydrogens (tertiary/aromatic N) is 2. The molecule has 2 aromatic carbocycles. The third-order valence-corrected chi connectivity index (χ3v) is 3.85. The molecular formula is C18H15F4N3O. The van der Waals surface area contributed by atoms with E-state index in [4.69, 9.17) is 0 Å². The molecule has 8 heteroatoms. The summed E-state index contributed by atoms with van der Waals surface area (Å²) in [5, 5.41) is 2.50. The summed E-state index contributed by atoms with van der Waals surface area (Å²) < 4.78 is 55.4. The van der Waals surface area contributed by atoms with Gasteiger partial charge in [0.05, 0.1) is 17.5 Å². The minimum Gasteiger partial charge on any atom is -0.310 e. The highest BCUT2D eigenvalue weighted by Gasteiger charge is 2.17.